The van der Waals surface area contributed by atoms with Gasteiger partial charge >= 0.3 is 0 Å². The molecular formula is C37H46N2O5S. The molecule has 0 heterocycles. The first kappa shape index (κ1) is 34.0. The van der Waals surface area contributed by atoms with Crippen LogP contribution < -0.4 is 9.46 Å². The SMILES string of the molecule is CC(C)N(CC[C@H](c1ccccc1)c1cc(CCOc2ccc(CCNS(=O)(=O)c3ccc(O)cc3)cc2)ccc1O)C(C)C. The fraction of sp³-hybridized carbons (Fsp3) is 0.351. The van der Waals surface area contributed by atoms with Crippen molar-refractivity contribution in [2.24, 2.45) is 0 Å². The standard InChI is InChI=1S/C37H46N2O5S/c1-27(2)39(28(3)4)24-21-35(31-8-6-5-7-9-31)36-26-30(12-19-37(36)41)22-25-44-33-15-10-29(11-16-33)20-23-38-45(42,43)34-17-13-32(40)14-18-34/h5-19,26-28,35,38,40-41H,20-25H2,1-4H3/t35-/m1/s1. The molecule has 4 aromatic rings. The third-order valence-electron chi connectivity index (χ3n) is 8.11. The van der Waals surface area contributed by atoms with E-state index >= 15 is 0 Å². The van der Waals surface area contributed by atoms with Gasteiger partial charge in [-0.25, -0.2) is 13.1 Å². The third-order valence-corrected chi connectivity index (χ3v) is 9.58. The average molecular weight is 631 g/mol. The quantitative estimate of drug-likeness (QED) is 0.125. The molecule has 0 aromatic heterocycles. The summed E-state index contributed by atoms with van der Waals surface area (Å²) >= 11 is 0. The molecule has 0 radical (unpaired) electrons. The van der Waals surface area contributed by atoms with Gasteiger partial charge in [0.2, 0.25) is 10.0 Å². The number of ether oxygens (including phenoxy) is 1. The zero-order chi connectivity index (χ0) is 32.4. The molecule has 4 rings (SSSR count). The molecule has 3 N–H and O–H groups in total. The molecule has 0 fully saturated rings. The second kappa shape index (κ2) is 15.9. The molecule has 1 atom stereocenters. The van der Waals surface area contributed by atoms with Crippen LogP contribution in [0.1, 0.15) is 62.3 Å². The van der Waals surface area contributed by atoms with E-state index in [0.29, 0.717) is 37.3 Å². The molecular weight excluding hydrogens is 584 g/mol. The summed E-state index contributed by atoms with van der Waals surface area (Å²) in [6.45, 7) is 10.6. The number of hydrogen-bond acceptors (Lipinski definition) is 6. The number of rotatable bonds is 16. The zero-order valence-electron chi connectivity index (χ0n) is 26.7. The highest BCUT2D eigenvalue weighted by molar-refractivity contribution is 7.89. The Bertz CT molecular complexity index is 1580. The smallest absolute Gasteiger partial charge is 0.240 e. The molecule has 0 unspecified atom stereocenters. The van der Waals surface area contributed by atoms with Gasteiger partial charge in [0.05, 0.1) is 11.5 Å². The summed E-state index contributed by atoms with van der Waals surface area (Å²) in [5.41, 5.74) is 4.23. The fourth-order valence-corrected chi connectivity index (χ4v) is 6.73. The molecule has 4 aromatic carbocycles. The normalized spacial score (nSPS) is 12.6. The Morgan fingerprint density at radius 1 is 0.778 bits per heavy atom. The molecule has 0 saturated carbocycles. The van der Waals surface area contributed by atoms with Gasteiger partial charge in [0.1, 0.15) is 17.2 Å². The number of hydrogen-bond donors (Lipinski definition) is 3. The van der Waals surface area contributed by atoms with E-state index in [0.717, 1.165) is 35.4 Å². The zero-order valence-corrected chi connectivity index (χ0v) is 27.5. The van der Waals surface area contributed by atoms with Gasteiger partial charge in [0.15, 0.2) is 0 Å². The van der Waals surface area contributed by atoms with E-state index in [1.807, 2.05) is 36.4 Å². The van der Waals surface area contributed by atoms with Crippen LogP contribution in [0.5, 0.6) is 17.2 Å². The molecule has 240 valence electrons. The third kappa shape index (κ3) is 9.82. The van der Waals surface area contributed by atoms with E-state index in [4.69, 9.17) is 4.74 Å². The maximum absolute atomic E-state index is 12.5. The Hall–Kier alpha value is -3.85. The lowest BCUT2D eigenvalue weighted by atomic mass is 9.86. The molecule has 45 heavy (non-hydrogen) atoms. The maximum atomic E-state index is 12.5. The van der Waals surface area contributed by atoms with Crippen molar-refractivity contribution in [1.82, 2.24) is 9.62 Å². The van der Waals surface area contributed by atoms with E-state index in [-0.39, 0.29) is 23.1 Å². The summed E-state index contributed by atoms with van der Waals surface area (Å²) in [6, 6.07) is 30.3. The lowest BCUT2D eigenvalue weighted by molar-refractivity contribution is 0.170. The lowest BCUT2D eigenvalue weighted by Gasteiger charge is -2.32. The Labute approximate surface area is 268 Å². The number of benzene rings is 4. The Morgan fingerprint density at radius 3 is 2.07 bits per heavy atom. The van der Waals surface area contributed by atoms with E-state index in [1.54, 1.807) is 6.07 Å². The number of aromatic hydroxyl groups is 2. The van der Waals surface area contributed by atoms with Crippen LogP contribution in [0.4, 0.5) is 0 Å². The van der Waals surface area contributed by atoms with Crippen molar-refractivity contribution in [3.63, 3.8) is 0 Å². The molecule has 0 saturated heterocycles. The Morgan fingerprint density at radius 2 is 1.42 bits per heavy atom. The lowest BCUT2D eigenvalue weighted by Crippen LogP contribution is -2.38. The van der Waals surface area contributed by atoms with E-state index in [2.05, 4.69) is 67.6 Å². The fourth-order valence-electron chi connectivity index (χ4n) is 5.69. The Balaban J connectivity index is 1.34. The monoisotopic (exact) mass is 630 g/mol. The van der Waals surface area contributed by atoms with Crippen molar-refractivity contribution < 1.29 is 23.4 Å². The van der Waals surface area contributed by atoms with E-state index in [9.17, 15) is 18.6 Å². The minimum Gasteiger partial charge on any atom is -0.508 e. The van der Waals surface area contributed by atoms with Crippen molar-refractivity contribution in [2.45, 2.75) is 69.9 Å². The first-order valence-electron chi connectivity index (χ1n) is 15.7. The highest BCUT2D eigenvalue weighted by atomic mass is 32.2. The van der Waals surface area contributed by atoms with Crippen LogP contribution in [-0.4, -0.2) is 55.3 Å². The first-order chi connectivity index (χ1) is 21.5. The van der Waals surface area contributed by atoms with Gasteiger partial charge in [0, 0.05) is 36.5 Å². The van der Waals surface area contributed by atoms with Crippen molar-refractivity contribution in [1.29, 1.82) is 0 Å². The number of nitrogens with one attached hydrogen (secondary N) is 1. The number of nitrogens with zero attached hydrogens (tertiary/aromatic N) is 1. The topological polar surface area (TPSA) is 99.1 Å². The minimum atomic E-state index is -3.64. The molecule has 8 heteroatoms. The average Bonchev–Trinajstić information content (AvgIpc) is 3.01. The number of sulfonamides is 1. The Kier molecular flexibility index (Phi) is 12.0. The van der Waals surface area contributed by atoms with Gasteiger partial charge in [0.25, 0.3) is 0 Å². The summed E-state index contributed by atoms with van der Waals surface area (Å²) in [6.07, 6.45) is 2.13. The molecule has 0 spiro atoms. The molecule has 0 aliphatic carbocycles. The molecule has 0 amide bonds. The van der Waals surface area contributed by atoms with Gasteiger partial charge in [-0.05, 0) is 106 Å². The van der Waals surface area contributed by atoms with Crippen LogP contribution in [0.3, 0.4) is 0 Å². The molecule has 0 aliphatic rings. The van der Waals surface area contributed by atoms with Crippen LogP contribution in [-0.2, 0) is 22.9 Å². The van der Waals surface area contributed by atoms with Crippen LogP contribution in [0.2, 0.25) is 0 Å². The highest BCUT2D eigenvalue weighted by Gasteiger charge is 2.22. The summed E-state index contributed by atoms with van der Waals surface area (Å²) in [5, 5.41) is 20.3. The van der Waals surface area contributed by atoms with Crippen molar-refractivity contribution in [2.75, 3.05) is 19.7 Å². The minimum absolute atomic E-state index is 0.0200. The van der Waals surface area contributed by atoms with Crippen LogP contribution in [0, 0.1) is 0 Å². The molecule has 0 aliphatic heterocycles. The summed E-state index contributed by atoms with van der Waals surface area (Å²) in [7, 11) is -3.64. The highest BCUT2D eigenvalue weighted by Crippen LogP contribution is 2.35. The van der Waals surface area contributed by atoms with Gasteiger partial charge in [-0.2, -0.15) is 0 Å². The van der Waals surface area contributed by atoms with Gasteiger partial charge in [-0.15, -0.1) is 0 Å². The van der Waals surface area contributed by atoms with Crippen molar-refractivity contribution in [3.8, 4) is 17.2 Å². The van der Waals surface area contributed by atoms with Gasteiger partial charge in [-0.3, -0.25) is 4.90 Å². The maximum Gasteiger partial charge on any atom is 0.240 e. The second-order valence-corrected chi connectivity index (χ2v) is 13.7. The predicted molar refractivity (Wildman–Crippen MR) is 181 cm³/mol. The molecule has 0 bridgehead atoms. The second-order valence-electron chi connectivity index (χ2n) is 12.0. The largest absolute Gasteiger partial charge is 0.508 e. The van der Waals surface area contributed by atoms with Crippen molar-refractivity contribution >= 4 is 10.0 Å². The van der Waals surface area contributed by atoms with Gasteiger partial charge in [-0.1, -0.05) is 54.6 Å². The van der Waals surface area contributed by atoms with Crippen LogP contribution >= 0.6 is 0 Å². The van der Waals surface area contributed by atoms with Crippen molar-refractivity contribution in [3.05, 3.63) is 119 Å². The predicted octanol–water partition coefficient (Wildman–Crippen LogP) is 6.88. The number of phenolic OH excluding ortho intramolecular Hbond substituents is 2. The van der Waals surface area contributed by atoms with Gasteiger partial charge < -0.3 is 14.9 Å². The summed E-state index contributed by atoms with van der Waals surface area (Å²) in [5.74, 6) is 1.15. The number of phenols is 2. The van der Waals surface area contributed by atoms with Crippen LogP contribution in [0.25, 0.3) is 0 Å². The first-order valence-corrected chi connectivity index (χ1v) is 17.1. The summed E-state index contributed by atoms with van der Waals surface area (Å²) < 4.78 is 33.5. The van der Waals surface area contributed by atoms with E-state index in [1.165, 1.54) is 29.8 Å². The van der Waals surface area contributed by atoms with E-state index < -0.39 is 10.0 Å². The summed E-state index contributed by atoms with van der Waals surface area (Å²) in [4.78, 5) is 2.61. The van der Waals surface area contributed by atoms with Crippen LogP contribution in [0.15, 0.2) is 102 Å². The molecule has 7 nitrogen and oxygen atoms in total.